The molecule has 2 saturated heterocycles. The van der Waals surface area contributed by atoms with E-state index >= 15 is 0 Å². The van der Waals surface area contributed by atoms with Crippen LogP contribution in [0.3, 0.4) is 0 Å². The number of hydrogen-bond donors (Lipinski definition) is 2. The van der Waals surface area contributed by atoms with Crippen LogP contribution in [0.1, 0.15) is 36.3 Å². The van der Waals surface area contributed by atoms with Crippen LogP contribution in [0.15, 0.2) is 35.4 Å². The Hall–Kier alpha value is -2.34. The van der Waals surface area contributed by atoms with Crippen LogP contribution in [-0.2, 0) is 21.2 Å². The number of anilines is 1. The predicted octanol–water partition coefficient (Wildman–Crippen LogP) is 2.35. The van der Waals surface area contributed by atoms with E-state index < -0.39 is 33.3 Å². The maximum Gasteiger partial charge on any atom is 0.244 e. The number of benzene rings is 1. The molecular weight excluding hydrogens is 514 g/mol. The van der Waals surface area contributed by atoms with E-state index in [0.717, 1.165) is 11.8 Å². The van der Waals surface area contributed by atoms with Gasteiger partial charge in [0.25, 0.3) is 0 Å². The summed E-state index contributed by atoms with van der Waals surface area (Å²) in [6, 6.07) is 6.47. The van der Waals surface area contributed by atoms with Crippen LogP contribution < -0.4 is 10.2 Å². The lowest BCUT2D eigenvalue weighted by molar-refractivity contribution is -0.119. The minimum absolute atomic E-state index is 0.0135. The number of carbonyl (C=O) groups excluding carboxylic acids is 1. The Morgan fingerprint density at radius 3 is 2.50 bits per heavy atom. The third-order valence-electron chi connectivity index (χ3n) is 7.26. The fraction of sp³-hybridized carbons (Fsp3) is 0.500. The van der Waals surface area contributed by atoms with Gasteiger partial charge in [-0.05, 0) is 42.9 Å². The normalized spacial score (nSPS) is 27.1. The molecule has 1 amide bonds. The van der Waals surface area contributed by atoms with Crippen LogP contribution in [0.4, 0.5) is 14.6 Å². The van der Waals surface area contributed by atoms with Crippen molar-refractivity contribution in [2.75, 3.05) is 31.1 Å². The van der Waals surface area contributed by atoms with Gasteiger partial charge in [-0.1, -0.05) is 12.1 Å². The summed E-state index contributed by atoms with van der Waals surface area (Å²) in [5.41, 5.74) is 0.0615. The largest absolute Gasteiger partial charge is 0.393 e. The zero-order valence-electron chi connectivity index (χ0n) is 19.4. The van der Waals surface area contributed by atoms with Crippen molar-refractivity contribution >= 4 is 33.3 Å². The molecule has 2 aliphatic heterocycles. The van der Waals surface area contributed by atoms with Crippen molar-refractivity contribution < 1.29 is 27.1 Å². The van der Waals surface area contributed by atoms with Crippen molar-refractivity contribution in [1.29, 1.82) is 0 Å². The van der Waals surface area contributed by atoms with Gasteiger partial charge < -0.3 is 15.3 Å². The number of nitrogens with zero attached hydrogens (tertiary/aromatic N) is 3. The summed E-state index contributed by atoms with van der Waals surface area (Å²) in [6.07, 6.45) is 2.06. The highest BCUT2D eigenvalue weighted by molar-refractivity contribution is 7.89. The lowest BCUT2D eigenvalue weighted by Gasteiger charge is -2.39. The number of pyridine rings is 1. The maximum absolute atomic E-state index is 14.7. The number of rotatable bonds is 6. The first-order chi connectivity index (χ1) is 17.1. The van der Waals surface area contributed by atoms with Gasteiger partial charge in [0, 0.05) is 44.1 Å². The number of aliphatic hydroxyl groups is 1. The van der Waals surface area contributed by atoms with Crippen molar-refractivity contribution in [1.82, 2.24) is 14.6 Å². The van der Waals surface area contributed by atoms with E-state index in [4.69, 9.17) is 11.6 Å². The number of sulfonamides is 1. The Labute approximate surface area is 213 Å². The maximum atomic E-state index is 14.7. The smallest absolute Gasteiger partial charge is 0.244 e. The van der Waals surface area contributed by atoms with Crippen molar-refractivity contribution in [2.24, 2.45) is 5.92 Å². The lowest BCUT2D eigenvalue weighted by atomic mass is 9.78. The molecule has 1 aromatic carbocycles. The molecule has 1 saturated carbocycles. The van der Waals surface area contributed by atoms with E-state index in [-0.39, 0.29) is 60.1 Å². The molecule has 0 radical (unpaired) electrons. The van der Waals surface area contributed by atoms with E-state index in [1.807, 2.05) is 0 Å². The van der Waals surface area contributed by atoms with E-state index in [9.17, 15) is 27.1 Å². The standard InChI is InChI=1S/C24H27ClF2N4O4S/c25-21-13-30(24-19(9-14-7-17(32)8-14)23(27)20(26)12-29-24)5-6-31(21)36(34,35)18-3-1-15(2-4-18)16-10-22(33)28-11-16/h1-4,12,14,16-17,21,32H,5-11,13H2,(H,28,33). The number of aromatic nitrogens is 1. The summed E-state index contributed by atoms with van der Waals surface area (Å²) in [5.74, 6) is -1.74. The second-order valence-corrected chi connectivity index (χ2v) is 12.1. The quantitative estimate of drug-likeness (QED) is 0.431. The molecule has 3 aliphatic rings. The molecule has 5 rings (SSSR count). The SMILES string of the molecule is O=C1CC(c2ccc(S(=O)(=O)N3CCN(c4ncc(F)c(F)c4CC4CC(O)C4)CC3Cl)cc2)CN1. The van der Waals surface area contributed by atoms with Crippen LogP contribution in [0.5, 0.6) is 0 Å². The first-order valence-electron chi connectivity index (χ1n) is 11.9. The van der Waals surface area contributed by atoms with Gasteiger partial charge in [0.15, 0.2) is 11.6 Å². The molecule has 0 bridgehead atoms. The van der Waals surface area contributed by atoms with E-state index in [1.165, 1.54) is 16.4 Å². The second-order valence-electron chi connectivity index (χ2n) is 9.69. The molecule has 8 nitrogen and oxygen atoms in total. The number of nitrogens with one attached hydrogen (secondary N) is 1. The average Bonchev–Trinajstić information content (AvgIpc) is 3.27. The molecule has 36 heavy (non-hydrogen) atoms. The number of hydrogen-bond acceptors (Lipinski definition) is 6. The molecule has 1 aliphatic carbocycles. The summed E-state index contributed by atoms with van der Waals surface area (Å²) in [4.78, 5) is 17.4. The van der Waals surface area contributed by atoms with E-state index in [1.54, 1.807) is 17.0 Å². The summed E-state index contributed by atoms with van der Waals surface area (Å²) in [7, 11) is -3.90. The van der Waals surface area contributed by atoms with Crippen molar-refractivity contribution in [3.05, 3.63) is 53.2 Å². The molecule has 3 heterocycles. The number of alkyl halides is 1. The van der Waals surface area contributed by atoms with Crippen molar-refractivity contribution in [2.45, 2.75) is 48.1 Å². The molecule has 2 aromatic rings. The average molecular weight is 541 g/mol. The van der Waals surface area contributed by atoms with Gasteiger partial charge in [-0.2, -0.15) is 4.31 Å². The van der Waals surface area contributed by atoms with Crippen LogP contribution in [-0.4, -0.2) is 66.5 Å². The Morgan fingerprint density at radius 2 is 1.89 bits per heavy atom. The van der Waals surface area contributed by atoms with Crippen molar-refractivity contribution in [3.63, 3.8) is 0 Å². The van der Waals surface area contributed by atoms with Crippen LogP contribution in [0.25, 0.3) is 0 Å². The molecule has 0 spiro atoms. The number of halogens is 3. The van der Waals surface area contributed by atoms with Gasteiger partial charge >= 0.3 is 0 Å². The molecule has 12 heteroatoms. The topological polar surface area (TPSA) is 103 Å². The van der Waals surface area contributed by atoms with E-state index in [0.29, 0.717) is 25.8 Å². The molecule has 2 unspecified atom stereocenters. The molecule has 1 aromatic heterocycles. The number of carbonyl (C=O) groups is 1. The second kappa shape index (κ2) is 9.85. The number of piperazine rings is 1. The van der Waals surface area contributed by atoms with Crippen LogP contribution in [0, 0.1) is 17.6 Å². The van der Waals surface area contributed by atoms with Crippen molar-refractivity contribution in [3.8, 4) is 0 Å². The Kier molecular flexibility index (Phi) is 6.92. The van der Waals surface area contributed by atoms with Crippen LogP contribution in [0.2, 0.25) is 0 Å². The molecule has 194 valence electrons. The zero-order valence-corrected chi connectivity index (χ0v) is 21.0. The summed E-state index contributed by atoms with van der Waals surface area (Å²) in [6.45, 7) is 0.821. The summed E-state index contributed by atoms with van der Waals surface area (Å²) >= 11 is 6.53. The lowest BCUT2D eigenvalue weighted by Crippen LogP contribution is -2.53. The third kappa shape index (κ3) is 4.81. The van der Waals surface area contributed by atoms with Gasteiger partial charge in [-0.25, -0.2) is 22.2 Å². The van der Waals surface area contributed by atoms with Gasteiger partial charge in [-0.15, -0.1) is 11.6 Å². The number of aliphatic hydroxyl groups excluding tert-OH is 1. The Bertz CT molecular complexity index is 1260. The van der Waals surface area contributed by atoms with Gasteiger partial charge in [-0.3, -0.25) is 4.79 Å². The summed E-state index contributed by atoms with van der Waals surface area (Å²) < 4.78 is 56.5. The van der Waals surface area contributed by atoms with Gasteiger partial charge in [0.1, 0.15) is 11.3 Å². The third-order valence-corrected chi connectivity index (χ3v) is 9.67. The minimum Gasteiger partial charge on any atom is -0.393 e. The predicted molar refractivity (Wildman–Crippen MR) is 129 cm³/mol. The first kappa shape index (κ1) is 25.3. The monoisotopic (exact) mass is 540 g/mol. The fourth-order valence-corrected chi connectivity index (χ4v) is 7.20. The molecule has 3 fully saturated rings. The summed E-state index contributed by atoms with van der Waals surface area (Å²) in [5, 5.41) is 12.3. The Morgan fingerprint density at radius 1 is 1.17 bits per heavy atom. The van der Waals surface area contributed by atoms with E-state index in [2.05, 4.69) is 10.3 Å². The molecule has 2 atom stereocenters. The number of amides is 1. The highest BCUT2D eigenvalue weighted by atomic mass is 35.5. The van der Waals surface area contributed by atoms with Crippen LogP contribution >= 0.6 is 11.6 Å². The highest BCUT2D eigenvalue weighted by Crippen LogP contribution is 2.36. The minimum atomic E-state index is -3.90. The zero-order chi connectivity index (χ0) is 25.6. The Balaban J connectivity index is 1.31. The molecular formula is C24H27ClF2N4O4S. The molecule has 2 N–H and O–H groups in total. The highest BCUT2D eigenvalue weighted by Gasteiger charge is 2.37. The van der Waals surface area contributed by atoms with Gasteiger partial charge in [0.05, 0.1) is 17.2 Å². The first-order valence-corrected chi connectivity index (χ1v) is 13.8. The fourth-order valence-electron chi connectivity index (χ4n) is 5.18. The van der Waals surface area contributed by atoms with Gasteiger partial charge in [0.2, 0.25) is 15.9 Å².